The summed E-state index contributed by atoms with van der Waals surface area (Å²) in [7, 11) is 0. The fourth-order valence-corrected chi connectivity index (χ4v) is 2.95. The standard InChI is InChI=1S/C17H14Cl2FN5O3/c1-9(25-14(17(27)28)5-6-21-25)16(26)22-15-12(19)8-24(23-15)7-10-11(18)3-2-4-13(10)20/h2-6,8-9H,7H2,1H3,(H,27,28)(H,22,23,26). The molecule has 8 nitrogen and oxygen atoms in total. The van der Waals surface area contributed by atoms with E-state index in [1.54, 1.807) is 6.07 Å². The van der Waals surface area contributed by atoms with Gasteiger partial charge in [0.1, 0.15) is 22.6 Å². The smallest absolute Gasteiger partial charge is 0.354 e. The van der Waals surface area contributed by atoms with E-state index in [0.717, 1.165) is 4.68 Å². The maximum Gasteiger partial charge on any atom is 0.354 e. The van der Waals surface area contributed by atoms with Gasteiger partial charge in [0.2, 0.25) is 5.91 Å². The van der Waals surface area contributed by atoms with Gasteiger partial charge >= 0.3 is 5.97 Å². The Morgan fingerprint density at radius 1 is 1.29 bits per heavy atom. The van der Waals surface area contributed by atoms with Crippen LogP contribution in [0.3, 0.4) is 0 Å². The van der Waals surface area contributed by atoms with Gasteiger partial charge in [0.15, 0.2) is 5.82 Å². The number of carbonyl (C=O) groups excluding carboxylic acids is 1. The van der Waals surface area contributed by atoms with Crippen molar-refractivity contribution in [2.75, 3.05) is 5.32 Å². The van der Waals surface area contributed by atoms with Crippen LogP contribution in [0.15, 0.2) is 36.7 Å². The quantitative estimate of drug-likeness (QED) is 0.629. The van der Waals surface area contributed by atoms with Gasteiger partial charge in [-0.25, -0.2) is 13.9 Å². The molecule has 2 heterocycles. The molecular weight excluding hydrogens is 412 g/mol. The molecule has 11 heteroatoms. The minimum absolute atomic E-state index is 0.0129. The van der Waals surface area contributed by atoms with Crippen LogP contribution in [0.25, 0.3) is 0 Å². The highest BCUT2D eigenvalue weighted by atomic mass is 35.5. The summed E-state index contributed by atoms with van der Waals surface area (Å²) in [5.74, 6) is -2.21. The summed E-state index contributed by atoms with van der Waals surface area (Å²) in [6.07, 6.45) is 2.70. The lowest BCUT2D eigenvalue weighted by atomic mass is 10.2. The summed E-state index contributed by atoms with van der Waals surface area (Å²) < 4.78 is 16.3. The van der Waals surface area contributed by atoms with Gasteiger partial charge in [-0.15, -0.1) is 0 Å². The van der Waals surface area contributed by atoms with Crippen molar-refractivity contribution in [3.8, 4) is 0 Å². The Kier molecular flexibility index (Phi) is 5.66. The molecular formula is C17H14Cl2FN5O3. The number of amides is 1. The maximum atomic E-state index is 13.9. The third-order valence-electron chi connectivity index (χ3n) is 3.98. The molecule has 2 N–H and O–H groups in total. The zero-order valence-electron chi connectivity index (χ0n) is 14.4. The fourth-order valence-electron chi connectivity index (χ4n) is 2.53. The first-order valence-corrected chi connectivity index (χ1v) is 8.77. The Labute approximate surface area is 168 Å². The molecule has 0 radical (unpaired) electrons. The molecule has 1 atom stereocenters. The van der Waals surface area contributed by atoms with E-state index < -0.39 is 23.7 Å². The molecule has 1 aromatic carbocycles. The van der Waals surface area contributed by atoms with Gasteiger partial charge in [-0.1, -0.05) is 29.3 Å². The first kappa shape index (κ1) is 19.8. The predicted molar refractivity (Wildman–Crippen MR) is 100 cm³/mol. The number of aromatic carboxylic acids is 1. The van der Waals surface area contributed by atoms with Gasteiger partial charge in [0, 0.05) is 23.0 Å². The van der Waals surface area contributed by atoms with Crippen molar-refractivity contribution in [3.63, 3.8) is 0 Å². The van der Waals surface area contributed by atoms with Crippen LogP contribution in [-0.4, -0.2) is 36.5 Å². The largest absolute Gasteiger partial charge is 0.477 e. The van der Waals surface area contributed by atoms with Crippen LogP contribution in [0.4, 0.5) is 10.2 Å². The van der Waals surface area contributed by atoms with Crippen molar-refractivity contribution in [2.45, 2.75) is 19.5 Å². The number of rotatable bonds is 6. The minimum atomic E-state index is -1.21. The zero-order valence-corrected chi connectivity index (χ0v) is 15.9. The SMILES string of the molecule is CC(C(=O)Nc1nn(Cc2c(F)cccc2Cl)cc1Cl)n1nccc1C(=O)O. The van der Waals surface area contributed by atoms with Crippen LogP contribution in [0, 0.1) is 5.82 Å². The van der Waals surface area contributed by atoms with E-state index in [-0.39, 0.29) is 33.7 Å². The van der Waals surface area contributed by atoms with Gasteiger partial charge < -0.3 is 10.4 Å². The summed E-state index contributed by atoms with van der Waals surface area (Å²) in [4.78, 5) is 23.6. The van der Waals surface area contributed by atoms with Crippen molar-refractivity contribution in [1.82, 2.24) is 19.6 Å². The van der Waals surface area contributed by atoms with E-state index in [1.807, 2.05) is 0 Å². The molecule has 0 aliphatic rings. The number of hydrogen-bond acceptors (Lipinski definition) is 4. The van der Waals surface area contributed by atoms with Crippen LogP contribution in [0.1, 0.15) is 29.0 Å². The second kappa shape index (κ2) is 7.99. The molecule has 1 amide bonds. The van der Waals surface area contributed by atoms with Crippen LogP contribution in [-0.2, 0) is 11.3 Å². The molecule has 3 rings (SSSR count). The maximum absolute atomic E-state index is 13.9. The van der Waals surface area contributed by atoms with Gasteiger partial charge in [0.05, 0.1) is 6.54 Å². The Morgan fingerprint density at radius 3 is 2.71 bits per heavy atom. The number of carboxylic acids is 1. The highest BCUT2D eigenvalue weighted by Crippen LogP contribution is 2.24. The lowest BCUT2D eigenvalue weighted by Crippen LogP contribution is -2.27. The number of nitrogens with zero attached hydrogens (tertiary/aromatic N) is 4. The van der Waals surface area contributed by atoms with Gasteiger partial charge in [-0.2, -0.15) is 10.2 Å². The van der Waals surface area contributed by atoms with Crippen LogP contribution in [0.5, 0.6) is 0 Å². The molecule has 3 aromatic rings. The highest BCUT2D eigenvalue weighted by Gasteiger charge is 2.23. The molecule has 0 spiro atoms. The molecule has 0 saturated heterocycles. The number of carbonyl (C=O) groups is 2. The minimum Gasteiger partial charge on any atom is -0.477 e. The van der Waals surface area contributed by atoms with Crippen molar-refractivity contribution in [3.05, 3.63) is 63.8 Å². The lowest BCUT2D eigenvalue weighted by molar-refractivity contribution is -0.119. The van der Waals surface area contributed by atoms with Gasteiger partial charge in [-0.05, 0) is 25.1 Å². The van der Waals surface area contributed by atoms with E-state index in [2.05, 4.69) is 15.5 Å². The van der Waals surface area contributed by atoms with Gasteiger partial charge in [-0.3, -0.25) is 9.48 Å². The third kappa shape index (κ3) is 4.00. The number of hydrogen-bond donors (Lipinski definition) is 2. The topological polar surface area (TPSA) is 102 Å². The molecule has 1 unspecified atom stereocenters. The number of nitrogens with one attached hydrogen (secondary N) is 1. The second-order valence-corrected chi connectivity index (χ2v) is 6.67. The number of anilines is 1. The van der Waals surface area contributed by atoms with E-state index in [4.69, 9.17) is 28.3 Å². The monoisotopic (exact) mass is 425 g/mol. The molecule has 0 saturated carbocycles. The number of halogens is 3. The van der Waals surface area contributed by atoms with Crippen molar-refractivity contribution in [2.24, 2.45) is 0 Å². The zero-order chi connectivity index (χ0) is 20.4. The number of carboxylic acid groups (broad SMARTS) is 1. The van der Waals surface area contributed by atoms with Crippen LogP contribution < -0.4 is 5.32 Å². The average molecular weight is 426 g/mol. The molecule has 0 bridgehead atoms. The van der Waals surface area contributed by atoms with Crippen molar-refractivity contribution >= 4 is 40.9 Å². The Hall–Kier alpha value is -2.91. The summed E-state index contributed by atoms with van der Waals surface area (Å²) in [6.45, 7) is 1.50. The van der Waals surface area contributed by atoms with Crippen molar-refractivity contribution in [1.29, 1.82) is 0 Å². The third-order valence-corrected chi connectivity index (χ3v) is 4.61. The van der Waals surface area contributed by atoms with Crippen LogP contribution in [0.2, 0.25) is 10.0 Å². The first-order chi connectivity index (χ1) is 13.3. The molecule has 0 fully saturated rings. The van der Waals surface area contributed by atoms with E-state index in [9.17, 15) is 14.0 Å². The molecule has 0 aliphatic heterocycles. The molecule has 2 aromatic heterocycles. The first-order valence-electron chi connectivity index (χ1n) is 8.01. The van der Waals surface area contributed by atoms with Crippen molar-refractivity contribution < 1.29 is 19.1 Å². The number of aromatic nitrogens is 4. The normalized spacial score (nSPS) is 12.0. The summed E-state index contributed by atoms with van der Waals surface area (Å²) in [5, 5.41) is 20.0. The Balaban J connectivity index is 1.77. The Bertz CT molecular complexity index is 1030. The van der Waals surface area contributed by atoms with Gasteiger partial charge in [0.25, 0.3) is 0 Å². The highest BCUT2D eigenvalue weighted by molar-refractivity contribution is 6.33. The molecule has 0 aliphatic carbocycles. The van der Waals surface area contributed by atoms with E-state index >= 15 is 0 Å². The van der Waals surface area contributed by atoms with E-state index in [1.165, 1.54) is 42.2 Å². The summed E-state index contributed by atoms with van der Waals surface area (Å²) in [6, 6.07) is 4.68. The predicted octanol–water partition coefficient (Wildman–Crippen LogP) is 3.47. The average Bonchev–Trinajstić information content (AvgIpc) is 3.25. The number of benzene rings is 1. The second-order valence-electron chi connectivity index (χ2n) is 5.85. The summed E-state index contributed by atoms with van der Waals surface area (Å²) >= 11 is 12.1. The Morgan fingerprint density at radius 2 is 2.04 bits per heavy atom. The van der Waals surface area contributed by atoms with Crippen LogP contribution >= 0.6 is 23.2 Å². The lowest BCUT2D eigenvalue weighted by Gasteiger charge is -2.13. The molecule has 28 heavy (non-hydrogen) atoms. The summed E-state index contributed by atoms with van der Waals surface area (Å²) in [5.41, 5.74) is 0.102. The fraction of sp³-hybridized carbons (Fsp3) is 0.176. The van der Waals surface area contributed by atoms with E-state index in [0.29, 0.717) is 0 Å². The molecule has 146 valence electrons.